The van der Waals surface area contributed by atoms with Crippen molar-refractivity contribution in [2.45, 2.75) is 53.9 Å². The predicted octanol–water partition coefficient (Wildman–Crippen LogP) is 10.3. The van der Waals surface area contributed by atoms with E-state index in [0.29, 0.717) is 34.7 Å². The Morgan fingerprint density at radius 2 is 0.500 bits per heavy atom. The average Bonchev–Trinajstić information content (AvgIpc) is 1.69. The average molecular weight is 2160 g/mol. The van der Waals surface area contributed by atoms with Crippen LogP contribution in [0, 0.1) is 41.5 Å². The normalized spacial score (nSPS) is 10.2. The molecule has 0 unspecified atom stereocenters. The third-order valence-electron chi connectivity index (χ3n) is 12.6. The molecule has 16 rings (SSSR count). The van der Waals surface area contributed by atoms with Crippen LogP contribution in [0.15, 0.2) is 220 Å². The van der Waals surface area contributed by atoms with E-state index in [4.69, 9.17) is 0 Å². The Morgan fingerprint density at radius 1 is 0.255 bits per heavy atom. The molecule has 0 saturated carbocycles. The van der Waals surface area contributed by atoms with E-state index in [1.165, 1.54) is 12.4 Å². The van der Waals surface area contributed by atoms with Crippen LogP contribution < -0.4 is 40.8 Å². The molecule has 548 valence electrons. The van der Waals surface area contributed by atoms with Crippen LogP contribution in [0.4, 0.5) is 26.3 Å². The number of aryl methyl sites for hydroxylation is 6. The molecule has 0 saturated heterocycles. The molecule has 28 nitrogen and oxygen atoms in total. The van der Waals surface area contributed by atoms with Gasteiger partial charge in [0.1, 0.15) is 11.4 Å². The Balaban J connectivity index is 0.000000217. The number of hydrogen-bond acceptors (Lipinski definition) is 20. The number of nitrogens with zero attached hydrogens (tertiary/aromatic N) is 28. The summed E-state index contributed by atoms with van der Waals surface area (Å²) >= 11 is 0. The smallest absolute Gasteiger partial charge is 0.574 e. The van der Waals surface area contributed by atoms with Gasteiger partial charge in [-0.25, -0.2) is 0 Å². The van der Waals surface area contributed by atoms with Crippen molar-refractivity contribution in [3.8, 4) is 91.4 Å². The van der Waals surface area contributed by atoms with Crippen molar-refractivity contribution in [1.82, 2.24) is 141 Å². The third kappa shape index (κ3) is 27.5. The van der Waals surface area contributed by atoms with Gasteiger partial charge < -0.3 is 81.3 Å². The first-order chi connectivity index (χ1) is 49.3. The summed E-state index contributed by atoms with van der Waals surface area (Å²) < 4.78 is 73.2. The van der Waals surface area contributed by atoms with Gasteiger partial charge in [0.05, 0.1) is 35.2 Å². The van der Waals surface area contributed by atoms with Gasteiger partial charge in [-0.1, -0.05) is 94.8 Å². The van der Waals surface area contributed by atoms with Gasteiger partial charge in [0, 0.05) is 119 Å². The molecule has 0 spiro atoms. The Hall–Kier alpha value is -11.1. The molecule has 0 amide bonds. The van der Waals surface area contributed by atoms with E-state index in [9.17, 15) is 26.3 Å². The Labute approximate surface area is 658 Å². The fourth-order valence-corrected chi connectivity index (χ4v) is 7.93. The van der Waals surface area contributed by atoms with E-state index >= 15 is 0 Å². The maximum absolute atomic E-state index is 12.2. The van der Waals surface area contributed by atoms with Gasteiger partial charge in [0.15, 0.2) is 0 Å². The zero-order chi connectivity index (χ0) is 72.1. The second-order valence-corrected chi connectivity index (χ2v) is 20.5. The Morgan fingerprint density at radius 3 is 0.698 bits per heavy atom. The van der Waals surface area contributed by atoms with E-state index in [1.807, 2.05) is 125 Å². The maximum Gasteiger partial charge on any atom is 2.00 e. The van der Waals surface area contributed by atoms with Crippen molar-refractivity contribution in [2.75, 3.05) is 0 Å². The minimum absolute atomic E-state index is 0. The Kier molecular flexibility index (Phi) is 34.9. The molecular weight excluding hydrogens is 2100 g/mol. The second kappa shape index (κ2) is 43.3. The molecule has 0 N–H and O–H groups in total. The first-order valence-corrected chi connectivity index (χ1v) is 30.0. The van der Waals surface area contributed by atoms with E-state index in [-0.39, 0.29) is 95.6 Å². The van der Waals surface area contributed by atoms with E-state index < -0.39 is 23.7 Å². The first kappa shape index (κ1) is 85.6. The number of alkyl halides is 6. The topological polar surface area (TPSA) is 371 Å². The van der Waals surface area contributed by atoms with Gasteiger partial charge >= 0.3 is 96.6 Å². The van der Waals surface area contributed by atoms with Crippen LogP contribution >= 0.6 is 0 Å². The Bertz CT molecular complexity index is 4330. The maximum atomic E-state index is 12.2. The molecule has 16 aromatic heterocycles. The zero-order valence-corrected chi connectivity index (χ0v) is 64.9. The van der Waals surface area contributed by atoms with Crippen LogP contribution in [0.5, 0.6) is 0 Å². The quantitative estimate of drug-likeness (QED) is 0.128. The molecule has 16 aromatic rings. The van der Waals surface area contributed by atoms with Gasteiger partial charge in [-0.15, -0.1) is 0 Å². The van der Waals surface area contributed by atoms with E-state index in [2.05, 4.69) is 141 Å². The summed E-state index contributed by atoms with van der Waals surface area (Å²) in [4.78, 5) is 48.5. The van der Waals surface area contributed by atoms with Gasteiger partial charge in [-0.2, -0.15) is 26.3 Å². The molecule has 0 aliphatic heterocycles. The number of halogens is 6. The van der Waals surface area contributed by atoms with Gasteiger partial charge in [0.25, 0.3) is 0 Å². The molecule has 0 radical (unpaired) electrons. The van der Waals surface area contributed by atoms with E-state index in [0.717, 1.165) is 91.8 Å². The predicted molar refractivity (Wildman–Crippen MR) is 356 cm³/mol. The fraction of sp³-hybridized carbons (Fsp3) is 0.118. The molecular formula is C68H54F6N28Pt4. The van der Waals surface area contributed by atoms with Crippen molar-refractivity contribution in [1.29, 1.82) is 0 Å². The van der Waals surface area contributed by atoms with Crippen molar-refractivity contribution >= 4 is 0 Å². The molecule has 0 atom stereocenters. The first-order valence-electron chi connectivity index (χ1n) is 30.0. The van der Waals surface area contributed by atoms with Crippen molar-refractivity contribution in [2.24, 2.45) is 0 Å². The molecule has 0 aliphatic carbocycles. The van der Waals surface area contributed by atoms with Crippen LogP contribution in [-0.2, 0) is 96.6 Å². The summed E-state index contributed by atoms with van der Waals surface area (Å²) in [6, 6.07) is 41.9. The fourth-order valence-electron chi connectivity index (χ4n) is 7.93. The number of pyridine rings is 6. The number of aromatic nitrogens is 28. The molecule has 0 aliphatic rings. The minimum Gasteiger partial charge on any atom is -0.574 e. The van der Waals surface area contributed by atoms with E-state index in [1.54, 1.807) is 112 Å². The second-order valence-electron chi connectivity index (χ2n) is 20.5. The summed E-state index contributed by atoms with van der Waals surface area (Å²) in [5.41, 5.74) is 10.7. The summed E-state index contributed by atoms with van der Waals surface area (Å²) in [5, 5.41) is 59.6. The van der Waals surface area contributed by atoms with Gasteiger partial charge in [-0.3, -0.25) is 60.0 Å². The van der Waals surface area contributed by atoms with Gasteiger partial charge in [-0.05, 0) is 138 Å². The zero-order valence-electron chi connectivity index (χ0n) is 55.8. The molecule has 0 bridgehead atoms. The van der Waals surface area contributed by atoms with Crippen LogP contribution in [0.2, 0.25) is 0 Å². The molecule has 16 heterocycles. The SMILES string of the molecule is Cc1cc(-c2ccccn2)[n-]n1.Cc1cc(-c2ccccn2)[n-]n1.Cc1cc(-c2cnccn2)[n-]n1.Cc1cc(-c2cnccn2)[n-]n1.Cc1n[n-]c(-c2ccccn2)n1.Cc1n[n-]c(-c2ccccn2)n1.FC(F)(F)c1cc(-c2ccccn2)[n-]n1.FC(F)(F)c1cc(-c2ccccn2)[n-]n1.[Pt+2].[Pt+2].[Pt+2].[Pt+2]. The summed E-state index contributed by atoms with van der Waals surface area (Å²) in [7, 11) is 0. The largest absolute Gasteiger partial charge is 2.00 e. The minimum atomic E-state index is -4.46. The van der Waals surface area contributed by atoms with Crippen LogP contribution in [0.3, 0.4) is 0 Å². The van der Waals surface area contributed by atoms with Crippen molar-refractivity contribution < 1.29 is 111 Å². The summed E-state index contributed by atoms with van der Waals surface area (Å²) in [6.07, 6.45) is 10.8. The molecule has 0 aromatic carbocycles. The summed E-state index contributed by atoms with van der Waals surface area (Å²) in [5.74, 6) is 2.53. The van der Waals surface area contributed by atoms with Crippen LogP contribution in [0.1, 0.15) is 45.8 Å². The number of hydrogen-bond donors (Lipinski definition) is 0. The molecule has 38 heteroatoms. The van der Waals surface area contributed by atoms with Crippen LogP contribution in [0.25, 0.3) is 91.4 Å². The number of rotatable bonds is 8. The third-order valence-corrected chi connectivity index (χ3v) is 12.6. The van der Waals surface area contributed by atoms with Crippen molar-refractivity contribution in [3.05, 3.63) is 266 Å². The van der Waals surface area contributed by atoms with Crippen LogP contribution in [-0.4, -0.2) is 101 Å². The summed E-state index contributed by atoms with van der Waals surface area (Å²) in [6.45, 7) is 11.2. The molecule has 106 heavy (non-hydrogen) atoms. The monoisotopic (exact) mass is 2160 g/mol. The van der Waals surface area contributed by atoms with Crippen molar-refractivity contribution in [3.63, 3.8) is 0 Å². The molecule has 0 fully saturated rings. The standard InChI is InChI=1S/2C9H5F3N3.2C9H8N3.4C8H7N4.4Pt/c2*10-9(11,12)8-5-7(14-15-8)6-3-1-2-4-13-6;2*1-7-6-9(12-11-7)8-4-2-3-5-10-8;2*1-6-4-7(12-11-6)8-5-9-2-3-10-8;2*1-6-10-8(12-11-6)7-4-2-3-5-9-7;;;;/h2*1-5H;2*2-6H,1H3;4*2-5H,1H3;;;;/q8*-1;4*+2. The van der Waals surface area contributed by atoms with Gasteiger partial charge in [0.2, 0.25) is 0 Å².